The second kappa shape index (κ2) is 23.3. The quantitative estimate of drug-likeness (QED) is 0.421. The summed E-state index contributed by atoms with van der Waals surface area (Å²) in [5.74, 6) is 0. The topological polar surface area (TPSA) is 17.1 Å². The van der Waals surface area contributed by atoms with Gasteiger partial charge in [0.2, 0.25) is 0 Å². The van der Waals surface area contributed by atoms with E-state index in [0.29, 0.717) is 0 Å². The van der Waals surface area contributed by atoms with Crippen LogP contribution in [-0.2, 0) is 23.7 Å². The van der Waals surface area contributed by atoms with Gasteiger partial charge < -0.3 is 2.85 Å². The molecule has 1 nitrogen and oxygen atoms in total. The van der Waals surface area contributed by atoms with Gasteiger partial charge in [-0.25, -0.2) is 0 Å². The maximum absolute atomic E-state index is 8.25. The molecule has 0 amide bonds. The number of rotatable bonds is 0. The van der Waals surface area contributed by atoms with Gasteiger partial charge in [-0.15, -0.1) is 0 Å². The van der Waals surface area contributed by atoms with Gasteiger partial charge in [-0.1, -0.05) is 0 Å². The molecule has 5 heteroatoms. The van der Waals surface area contributed by atoms with E-state index in [1.165, 1.54) is 0 Å². The Labute approximate surface area is 152 Å². The predicted molar refractivity (Wildman–Crippen MR) is 8.66 cm³/mol. The first-order valence-corrected chi connectivity index (χ1v) is 0.842. The van der Waals surface area contributed by atoms with E-state index in [1.54, 1.807) is 0 Å². The Morgan fingerprint density at radius 1 is 1.40 bits per heavy atom. The van der Waals surface area contributed by atoms with Crippen molar-refractivity contribution >= 4 is 48.9 Å². The van der Waals surface area contributed by atoms with Crippen LogP contribution in [0.15, 0.2) is 0 Å². The van der Waals surface area contributed by atoms with E-state index in [2.05, 4.69) is 0 Å². The summed E-state index contributed by atoms with van der Waals surface area (Å²) < 4.78 is 8.25. The first kappa shape index (κ1) is 22.6. The zero-order valence-corrected chi connectivity index (χ0v) is 14.4. The van der Waals surface area contributed by atoms with Crippen LogP contribution in [0.5, 0.6) is 0 Å². The van der Waals surface area contributed by atoms with Crippen molar-refractivity contribution in [2.24, 2.45) is 0 Å². The minimum absolute atomic E-state index is 0. The van der Waals surface area contributed by atoms with Crippen LogP contribution in [0.2, 0.25) is 0 Å². The van der Waals surface area contributed by atoms with E-state index in [1.807, 2.05) is 0 Å². The van der Waals surface area contributed by atoms with Gasteiger partial charge in [-0.3, -0.25) is 0 Å². The van der Waals surface area contributed by atoms with Gasteiger partial charge in [0.15, 0.2) is 0 Å². The van der Waals surface area contributed by atoms with Gasteiger partial charge >= 0.3 is 72.6 Å². The minimum Gasteiger partial charge on any atom is 0 e. The van der Waals surface area contributed by atoms with E-state index >= 15 is 0 Å². The van der Waals surface area contributed by atoms with Crippen molar-refractivity contribution in [3.63, 3.8) is 0 Å². The first-order chi connectivity index (χ1) is 1.00. The zero-order chi connectivity index (χ0) is 2.00. The van der Waals surface area contributed by atoms with Crippen molar-refractivity contribution in [1.82, 2.24) is 0 Å². The van der Waals surface area contributed by atoms with Gasteiger partial charge in [-0.05, 0) is 0 Å². The molecule has 0 unspecified atom stereocenters. The molecular weight excluding hydrogens is 496 g/mol. The molecule has 0 radical (unpaired) electrons. The molecule has 0 aromatic rings. The molecule has 0 saturated heterocycles. The molecule has 0 aliphatic rings. The molecule has 5 heavy (non-hydrogen) atoms. The number of hydrogen-bond donors (Lipinski definition) is 0. The van der Waals surface area contributed by atoms with Crippen LogP contribution in [0, 0.1) is 81.2 Å². The van der Waals surface area contributed by atoms with E-state index in [-0.39, 0.29) is 133 Å². The molecule has 0 aromatic carbocycles. The maximum atomic E-state index is 8.25. The summed E-state index contributed by atoms with van der Waals surface area (Å²) in [7, 11) is 0. The summed E-state index contributed by atoms with van der Waals surface area (Å²) in [5, 5.41) is 0. The molecule has 0 spiro atoms. The zero-order valence-electron chi connectivity index (χ0n) is 4.52. The van der Waals surface area contributed by atoms with Crippen LogP contribution in [0.3, 0.4) is 0 Å². The van der Waals surface area contributed by atoms with Crippen LogP contribution in [0.25, 0.3) is 0 Å². The Hall–Kier alpha value is 4.77. The largest absolute Gasteiger partial charge is 0 e. The van der Waals surface area contributed by atoms with E-state index in [4.69, 9.17) is 3.32 Å². The first-order valence-electron chi connectivity index (χ1n) is 0.204. The summed E-state index contributed by atoms with van der Waals surface area (Å²) >= 11 is 0.750. The standard InChI is InChI=1S/Ba.Nd.O.Sm.Ti.2H/q+2;;;;;2*-1. The average molecular weight is 498 g/mol. The Morgan fingerprint density at radius 3 is 1.40 bits per heavy atom. The number of hydrogen-bond acceptors (Lipinski definition) is 1. The molecule has 0 saturated carbocycles. The second-order valence-corrected chi connectivity index (χ2v) is 0. The molecular formula is H2BaNdOSmTi. The Morgan fingerprint density at radius 2 is 1.40 bits per heavy atom. The molecule has 0 rings (SSSR count). The van der Waals surface area contributed by atoms with Crippen molar-refractivity contribution in [1.29, 1.82) is 0 Å². The summed E-state index contributed by atoms with van der Waals surface area (Å²) in [4.78, 5) is 0. The third kappa shape index (κ3) is 17.7. The maximum Gasteiger partial charge on any atom is 0 e. The van der Waals surface area contributed by atoms with Gasteiger partial charge in [-0.2, -0.15) is 0 Å². The van der Waals surface area contributed by atoms with Crippen LogP contribution < -0.4 is 0 Å². The van der Waals surface area contributed by atoms with E-state index in [0.717, 1.165) is 20.4 Å². The molecule has 0 aliphatic carbocycles. The van der Waals surface area contributed by atoms with Gasteiger partial charge in [0, 0.05) is 81.2 Å². The monoisotopic (exact) mass is 498 g/mol. The minimum atomic E-state index is 0. The van der Waals surface area contributed by atoms with E-state index in [9.17, 15) is 0 Å². The van der Waals surface area contributed by atoms with E-state index < -0.39 is 0 Å². The normalized spacial score (nSPS) is 0.600. The van der Waals surface area contributed by atoms with Crippen molar-refractivity contribution in [3.8, 4) is 0 Å². The fourth-order valence-electron chi connectivity index (χ4n) is 0. The van der Waals surface area contributed by atoms with Gasteiger partial charge in [0.05, 0.1) is 0 Å². The molecule has 0 atom stereocenters. The molecule has 0 bridgehead atoms. The molecule has 0 heterocycles. The SMILES string of the molecule is [Ba+2].[H-].[H-].[Nd].[O]=[Ti].[Sm]. The van der Waals surface area contributed by atoms with Gasteiger partial charge in [0.1, 0.15) is 0 Å². The van der Waals surface area contributed by atoms with Crippen molar-refractivity contribution < 1.29 is 108 Å². The summed E-state index contributed by atoms with van der Waals surface area (Å²) in [6, 6.07) is 0. The average Bonchev–Trinajstić information content (AvgIpc) is 1.00. The van der Waals surface area contributed by atoms with Crippen LogP contribution in [-0.4, -0.2) is 48.9 Å². The summed E-state index contributed by atoms with van der Waals surface area (Å²) in [6.45, 7) is 0. The third-order valence-corrected chi connectivity index (χ3v) is 0. The summed E-state index contributed by atoms with van der Waals surface area (Å²) in [5.41, 5.74) is 0. The fourth-order valence-corrected chi connectivity index (χ4v) is 0. The Balaban J connectivity index is -0.000000000500. The summed E-state index contributed by atoms with van der Waals surface area (Å²) in [6.07, 6.45) is 0. The Kier molecular flexibility index (Phi) is 105. The predicted octanol–water partition coefficient (Wildman–Crippen LogP) is -0.277. The molecule has 0 aliphatic heterocycles. The molecule has 0 fully saturated rings. The molecule has 24 valence electrons. The van der Waals surface area contributed by atoms with Crippen molar-refractivity contribution in [2.75, 3.05) is 0 Å². The van der Waals surface area contributed by atoms with Crippen LogP contribution >= 0.6 is 0 Å². The van der Waals surface area contributed by atoms with Crippen LogP contribution in [0.1, 0.15) is 2.85 Å². The fraction of sp³-hybridized carbons (Fsp3) is 0. The van der Waals surface area contributed by atoms with Crippen LogP contribution in [0.4, 0.5) is 0 Å². The van der Waals surface area contributed by atoms with Crippen molar-refractivity contribution in [2.45, 2.75) is 0 Å². The Bertz CT molecular complexity index is 17.7. The molecule has 0 N–H and O–H groups in total. The molecule has 0 aromatic heterocycles. The third-order valence-electron chi connectivity index (χ3n) is 0. The van der Waals surface area contributed by atoms with Gasteiger partial charge in [0.25, 0.3) is 0 Å². The smallest absolute Gasteiger partial charge is 0 e. The second-order valence-electron chi connectivity index (χ2n) is 0. The van der Waals surface area contributed by atoms with Crippen molar-refractivity contribution in [3.05, 3.63) is 0 Å².